The first-order valence-corrected chi connectivity index (χ1v) is 6.85. The zero-order chi connectivity index (χ0) is 12.7. The third-order valence-electron chi connectivity index (χ3n) is 4.76. The van der Waals surface area contributed by atoms with Gasteiger partial charge < -0.3 is 10.0 Å². The molecule has 98 valence electrons. The molecular weight excluding hydrogens is 230 g/mol. The summed E-state index contributed by atoms with van der Waals surface area (Å²) in [5.41, 5.74) is 0. The summed E-state index contributed by atoms with van der Waals surface area (Å²) in [6.07, 6.45) is 8.40. The van der Waals surface area contributed by atoms with E-state index in [4.69, 9.17) is 0 Å². The summed E-state index contributed by atoms with van der Waals surface area (Å²) >= 11 is 0. The zero-order valence-electron chi connectivity index (χ0n) is 10.4. The molecule has 0 spiro atoms. The van der Waals surface area contributed by atoms with Crippen LogP contribution < -0.4 is 0 Å². The van der Waals surface area contributed by atoms with Crippen LogP contribution in [-0.4, -0.2) is 34.5 Å². The van der Waals surface area contributed by atoms with E-state index in [1.807, 2.05) is 17.1 Å². The first-order valence-electron chi connectivity index (χ1n) is 6.85. The van der Waals surface area contributed by atoms with E-state index >= 15 is 0 Å². The van der Waals surface area contributed by atoms with E-state index in [1.54, 1.807) is 0 Å². The van der Waals surface area contributed by atoms with Gasteiger partial charge in [0, 0.05) is 12.6 Å². The maximum Gasteiger partial charge on any atom is 0.307 e. The van der Waals surface area contributed by atoms with Crippen molar-refractivity contribution in [3.05, 3.63) is 12.2 Å². The smallest absolute Gasteiger partial charge is 0.307 e. The van der Waals surface area contributed by atoms with E-state index in [0.717, 1.165) is 19.4 Å². The monoisotopic (exact) mass is 249 g/mol. The van der Waals surface area contributed by atoms with Crippen LogP contribution in [0.25, 0.3) is 0 Å². The first-order chi connectivity index (χ1) is 8.66. The Morgan fingerprint density at radius 2 is 1.83 bits per heavy atom. The van der Waals surface area contributed by atoms with Crippen molar-refractivity contribution in [2.45, 2.75) is 38.1 Å². The quantitative estimate of drug-likeness (QED) is 0.757. The second kappa shape index (κ2) is 4.41. The molecule has 18 heavy (non-hydrogen) atoms. The molecule has 0 aromatic rings. The summed E-state index contributed by atoms with van der Waals surface area (Å²) in [5.74, 6) is -0.948. The number of carboxylic acid groups (broad SMARTS) is 1. The Hall–Kier alpha value is -1.32. The average molecular weight is 249 g/mol. The molecule has 4 atom stereocenters. The van der Waals surface area contributed by atoms with Gasteiger partial charge in [-0.2, -0.15) is 0 Å². The van der Waals surface area contributed by atoms with Crippen molar-refractivity contribution >= 4 is 11.9 Å². The maximum atomic E-state index is 12.5. The van der Waals surface area contributed by atoms with Crippen LogP contribution in [0.5, 0.6) is 0 Å². The normalized spacial score (nSPS) is 38.1. The Labute approximate surface area is 107 Å². The Bertz CT molecular complexity index is 404. The minimum Gasteiger partial charge on any atom is -0.481 e. The number of carboxylic acids is 1. The maximum absolute atomic E-state index is 12.5. The van der Waals surface area contributed by atoms with Gasteiger partial charge in [0.2, 0.25) is 5.91 Å². The zero-order valence-corrected chi connectivity index (χ0v) is 10.4. The van der Waals surface area contributed by atoms with Gasteiger partial charge in [-0.1, -0.05) is 12.2 Å². The number of allylic oxidation sites excluding steroid dienone is 2. The van der Waals surface area contributed by atoms with E-state index in [1.165, 1.54) is 6.42 Å². The lowest BCUT2D eigenvalue weighted by atomic mass is 9.82. The standard InChI is InChI=1S/C14H19NO3/c16-13(15-8-9-5-6-10(15)7-9)11-3-1-2-4-12(11)14(17)18/h1-2,9-12H,3-8H2,(H,17,18)/t9?,10?,11-,12+/m1/s1. The van der Waals surface area contributed by atoms with Crippen LogP contribution in [-0.2, 0) is 9.59 Å². The van der Waals surface area contributed by atoms with Gasteiger partial charge in [0.05, 0.1) is 11.8 Å². The summed E-state index contributed by atoms with van der Waals surface area (Å²) in [6, 6.07) is 0.392. The summed E-state index contributed by atoms with van der Waals surface area (Å²) < 4.78 is 0. The predicted octanol–water partition coefficient (Wildman–Crippen LogP) is 1.66. The van der Waals surface area contributed by atoms with Crippen LogP contribution in [0.4, 0.5) is 0 Å². The molecule has 4 heteroatoms. The SMILES string of the molecule is O=C(O)[C@H]1CC=CC[C@H]1C(=O)N1CC2CCC1C2. The van der Waals surface area contributed by atoms with E-state index in [9.17, 15) is 14.7 Å². The molecule has 0 radical (unpaired) electrons. The van der Waals surface area contributed by atoms with Crippen LogP contribution in [0.2, 0.25) is 0 Å². The first kappa shape index (κ1) is 11.8. The van der Waals surface area contributed by atoms with Crippen molar-refractivity contribution in [2.24, 2.45) is 17.8 Å². The van der Waals surface area contributed by atoms with Crippen LogP contribution in [0, 0.1) is 17.8 Å². The molecule has 2 fully saturated rings. The van der Waals surface area contributed by atoms with Gasteiger partial charge >= 0.3 is 5.97 Å². The van der Waals surface area contributed by atoms with E-state index in [-0.39, 0.29) is 11.8 Å². The molecule has 0 aromatic heterocycles. The molecule has 1 heterocycles. The van der Waals surface area contributed by atoms with Crippen molar-refractivity contribution in [1.29, 1.82) is 0 Å². The highest BCUT2D eigenvalue weighted by molar-refractivity contribution is 5.85. The van der Waals surface area contributed by atoms with E-state index in [0.29, 0.717) is 24.8 Å². The third kappa shape index (κ3) is 1.84. The molecule has 1 N–H and O–H groups in total. The van der Waals surface area contributed by atoms with Crippen molar-refractivity contribution < 1.29 is 14.7 Å². The molecule has 1 aliphatic heterocycles. The molecule has 1 saturated carbocycles. The van der Waals surface area contributed by atoms with Gasteiger partial charge in [-0.25, -0.2) is 0 Å². The molecule has 2 bridgehead atoms. The van der Waals surface area contributed by atoms with Gasteiger partial charge in [-0.15, -0.1) is 0 Å². The van der Waals surface area contributed by atoms with Crippen molar-refractivity contribution in [3.8, 4) is 0 Å². The minimum atomic E-state index is -0.831. The predicted molar refractivity (Wildman–Crippen MR) is 65.8 cm³/mol. The lowest BCUT2D eigenvalue weighted by molar-refractivity contribution is -0.151. The van der Waals surface area contributed by atoms with Crippen LogP contribution in [0.3, 0.4) is 0 Å². The van der Waals surface area contributed by atoms with E-state index in [2.05, 4.69) is 0 Å². The highest BCUT2D eigenvalue weighted by Gasteiger charge is 2.44. The van der Waals surface area contributed by atoms with Crippen molar-refractivity contribution in [2.75, 3.05) is 6.54 Å². The van der Waals surface area contributed by atoms with Gasteiger partial charge in [-0.05, 0) is 38.0 Å². The van der Waals surface area contributed by atoms with E-state index < -0.39 is 11.9 Å². The molecule has 0 aromatic carbocycles. The van der Waals surface area contributed by atoms with Crippen molar-refractivity contribution in [1.82, 2.24) is 4.90 Å². The Morgan fingerprint density at radius 3 is 2.39 bits per heavy atom. The number of nitrogens with zero attached hydrogens (tertiary/aromatic N) is 1. The summed E-state index contributed by atoms with van der Waals surface area (Å²) in [5, 5.41) is 9.23. The van der Waals surface area contributed by atoms with Crippen LogP contribution in [0.1, 0.15) is 32.1 Å². The molecule has 1 saturated heterocycles. The number of fused-ring (bicyclic) bond motifs is 2. The Kier molecular flexibility index (Phi) is 2.88. The van der Waals surface area contributed by atoms with Gasteiger partial charge in [-0.3, -0.25) is 9.59 Å². The molecular formula is C14H19NO3. The molecule has 2 aliphatic carbocycles. The third-order valence-corrected chi connectivity index (χ3v) is 4.76. The number of aliphatic carboxylic acids is 1. The molecule has 4 nitrogen and oxygen atoms in total. The number of amides is 1. The van der Waals surface area contributed by atoms with Gasteiger partial charge in [0.25, 0.3) is 0 Å². The number of hydrogen-bond donors (Lipinski definition) is 1. The Balaban J connectivity index is 1.75. The van der Waals surface area contributed by atoms with Gasteiger partial charge in [0.1, 0.15) is 0 Å². The summed E-state index contributed by atoms with van der Waals surface area (Å²) in [6.45, 7) is 0.857. The second-order valence-electron chi connectivity index (χ2n) is 5.82. The molecule has 1 amide bonds. The minimum absolute atomic E-state index is 0.0824. The molecule has 2 unspecified atom stereocenters. The highest BCUT2D eigenvalue weighted by atomic mass is 16.4. The largest absolute Gasteiger partial charge is 0.481 e. The van der Waals surface area contributed by atoms with Crippen LogP contribution >= 0.6 is 0 Å². The average Bonchev–Trinajstić information content (AvgIpc) is 3.00. The lowest BCUT2D eigenvalue weighted by Gasteiger charge is -2.33. The van der Waals surface area contributed by atoms with Crippen molar-refractivity contribution in [3.63, 3.8) is 0 Å². The Morgan fingerprint density at radius 1 is 1.11 bits per heavy atom. The fourth-order valence-corrected chi connectivity index (χ4v) is 3.77. The number of rotatable bonds is 2. The fourth-order valence-electron chi connectivity index (χ4n) is 3.77. The second-order valence-corrected chi connectivity index (χ2v) is 5.82. The number of carbonyl (C=O) groups excluding carboxylic acids is 1. The number of piperidine rings is 1. The number of hydrogen-bond acceptors (Lipinski definition) is 2. The summed E-state index contributed by atoms with van der Waals surface area (Å²) in [4.78, 5) is 25.7. The number of carbonyl (C=O) groups is 2. The van der Waals surface area contributed by atoms with Gasteiger partial charge in [0.15, 0.2) is 0 Å². The van der Waals surface area contributed by atoms with Crippen LogP contribution in [0.15, 0.2) is 12.2 Å². The molecule has 3 rings (SSSR count). The topological polar surface area (TPSA) is 57.6 Å². The number of likely N-dealkylation sites (tertiary alicyclic amines) is 1. The summed E-state index contributed by atoms with van der Waals surface area (Å²) in [7, 11) is 0. The fraction of sp³-hybridized carbons (Fsp3) is 0.714. The lowest BCUT2D eigenvalue weighted by Crippen LogP contribution is -2.45. The molecule has 3 aliphatic rings. The highest BCUT2D eigenvalue weighted by Crippen LogP contribution is 2.39.